The summed E-state index contributed by atoms with van der Waals surface area (Å²) in [5.41, 5.74) is 0.703. The zero-order chi connectivity index (χ0) is 27.4. The number of fused-ring (bicyclic) bond motifs is 2. The van der Waals surface area contributed by atoms with E-state index in [0.717, 1.165) is 40.2 Å². The van der Waals surface area contributed by atoms with Crippen molar-refractivity contribution in [3.05, 3.63) is 68.3 Å². The van der Waals surface area contributed by atoms with E-state index in [9.17, 15) is 23.2 Å². The van der Waals surface area contributed by atoms with Crippen LogP contribution >= 0.6 is 27.3 Å². The Morgan fingerprint density at radius 1 is 1.21 bits per heavy atom. The predicted molar refractivity (Wildman–Crippen MR) is 143 cm³/mol. The molecule has 1 N–H and O–H groups in total. The molecule has 1 aromatic carbocycles. The highest BCUT2D eigenvalue weighted by Gasteiger charge is 2.36. The summed E-state index contributed by atoms with van der Waals surface area (Å²) < 4.78 is 43.3. The number of anilines is 1. The molecule has 6 nitrogen and oxygen atoms in total. The summed E-state index contributed by atoms with van der Waals surface area (Å²) >= 11 is 4.67. The number of carbonyl (C=O) groups is 1. The molecule has 196 valence electrons. The molecule has 0 aliphatic heterocycles. The number of amides is 1. The Morgan fingerprint density at radius 2 is 1.92 bits per heavy atom. The first-order valence-electron chi connectivity index (χ1n) is 11.9. The van der Waals surface area contributed by atoms with Gasteiger partial charge in [0.15, 0.2) is 17.0 Å². The highest BCUT2D eigenvalue weighted by molar-refractivity contribution is 9.10. The van der Waals surface area contributed by atoms with Gasteiger partial charge in [-0.15, -0.1) is 11.3 Å². The van der Waals surface area contributed by atoms with Crippen molar-refractivity contribution >= 4 is 43.8 Å². The Hall–Kier alpha value is -3.23. The van der Waals surface area contributed by atoms with Crippen molar-refractivity contribution in [2.75, 3.05) is 5.32 Å². The average Bonchev–Trinajstić information content (AvgIpc) is 3.43. The number of thiophene rings is 1. The number of halogens is 4. The SMILES string of the molecule is CC(C)(C)[C@@H]1CCc2c(sc(NC(=O)c3cc4nc(-c5ccc(Br)cc5)cc(C(F)(F)F)n4n3)c2C#N)C1. The molecular weight excluding hydrogens is 579 g/mol. The van der Waals surface area contributed by atoms with Gasteiger partial charge in [-0.2, -0.15) is 23.5 Å². The van der Waals surface area contributed by atoms with Crippen LogP contribution in [0.1, 0.15) is 59.4 Å². The Morgan fingerprint density at radius 3 is 2.55 bits per heavy atom. The van der Waals surface area contributed by atoms with Gasteiger partial charge in [0.1, 0.15) is 11.1 Å². The van der Waals surface area contributed by atoms with Crippen molar-refractivity contribution < 1.29 is 18.0 Å². The van der Waals surface area contributed by atoms with Gasteiger partial charge in [-0.05, 0) is 54.4 Å². The van der Waals surface area contributed by atoms with E-state index in [4.69, 9.17) is 0 Å². The molecule has 5 rings (SSSR count). The van der Waals surface area contributed by atoms with Crippen molar-refractivity contribution in [3.8, 4) is 17.3 Å². The minimum atomic E-state index is -4.73. The van der Waals surface area contributed by atoms with Crippen LogP contribution in [0, 0.1) is 22.7 Å². The van der Waals surface area contributed by atoms with E-state index in [0.29, 0.717) is 26.6 Å². The van der Waals surface area contributed by atoms with E-state index in [1.807, 2.05) is 0 Å². The number of nitrogens with zero attached hydrogens (tertiary/aromatic N) is 4. The third kappa shape index (κ3) is 4.95. The van der Waals surface area contributed by atoms with E-state index >= 15 is 0 Å². The lowest BCUT2D eigenvalue weighted by Gasteiger charge is -2.33. The molecule has 0 saturated heterocycles. The first-order chi connectivity index (χ1) is 17.8. The number of hydrogen-bond acceptors (Lipinski definition) is 5. The van der Waals surface area contributed by atoms with E-state index in [1.165, 1.54) is 17.4 Å². The number of carbonyl (C=O) groups excluding carboxylic acids is 1. The smallest absolute Gasteiger partial charge is 0.311 e. The lowest BCUT2D eigenvalue weighted by atomic mass is 9.72. The Labute approximate surface area is 229 Å². The normalized spacial score (nSPS) is 15.8. The average molecular weight is 602 g/mol. The van der Waals surface area contributed by atoms with E-state index < -0.39 is 17.8 Å². The van der Waals surface area contributed by atoms with Crippen LogP contribution in [0.2, 0.25) is 0 Å². The lowest BCUT2D eigenvalue weighted by molar-refractivity contribution is -0.142. The second-order valence-electron chi connectivity index (χ2n) is 10.4. The molecule has 3 heterocycles. The molecular formula is C27H23BrF3N5OS. The minimum absolute atomic E-state index is 0.107. The fraction of sp³-hybridized carbons (Fsp3) is 0.333. The molecule has 1 amide bonds. The Kier molecular flexibility index (Phi) is 6.60. The molecule has 1 atom stereocenters. The molecule has 0 unspecified atom stereocenters. The standard InChI is InChI=1S/C27H23BrF3N5OS/c1-26(2,3)15-6-9-17-18(13-32)25(38-21(17)10-15)34-24(37)20-12-23-33-19(14-4-7-16(28)8-5-14)11-22(27(29,30)31)36(23)35-20/h4-5,7-8,11-12,15H,6,9-10H2,1-3H3,(H,34,37)/t15-/m1/s1. The molecule has 0 fully saturated rings. The number of nitriles is 1. The largest absolute Gasteiger partial charge is 0.433 e. The minimum Gasteiger partial charge on any atom is -0.311 e. The molecule has 4 aromatic rings. The van der Waals surface area contributed by atoms with Crippen LogP contribution in [0.4, 0.5) is 18.2 Å². The summed E-state index contributed by atoms with van der Waals surface area (Å²) in [6, 6.07) is 11.1. The van der Waals surface area contributed by atoms with Crippen molar-refractivity contribution in [1.82, 2.24) is 14.6 Å². The molecule has 1 aliphatic carbocycles. The number of alkyl halides is 3. The summed E-state index contributed by atoms with van der Waals surface area (Å²) in [6.07, 6.45) is -2.21. The quantitative estimate of drug-likeness (QED) is 0.263. The van der Waals surface area contributed by atoms with Crippen LogP contribution < -0.4 is 5.32 Å². The predicted octanol–water partition coefficient (Wildman–Crippen LogP) is 7.51. The van der Waals surface area contributed by atoms with Gasteiger partial charge in [0.05, 0.1) is 11.3 Å². The fourth-order valence-electron chi connectivity index (χ4n) is 4.75. The van der Waals surface area contributed by atoms with Crippen LogP contribution in [0.5, 0.6) is 0 Å². The molecule has 3 aromatic heterocycles. The molecule has 0 spiro atoms. The highest BCUT2D eigenvalue weighted by atomic mass is 79.9. The number of rotatable bonds is 3. The van der Waals surface area contributed by atoms with Gasteiger partial charge in [-0.1, -0.05) is 48.8 Å². The monoisotopic (exact) mass is 601 g/mol. The molecule has 38 heavy (non-hydrogen) atoms. The third-order valence-corrected chi connectivity index (χ3v) is 8.62. The lowest BCUT2D eigenvalue weighted by Crippen LogP contribution is -2.26. The fourth-order valence-corrected chi connectivity index (χ4v) is 6.29. The van der Waals surface area contributed by atoms with Gasteiger partial charge in [-0.3, -0.25) is 4.79 Å². The maximum atomic E-state index is 13.9. The van der Waals surface area contributed by atoms with Crippen molar-refractivity contribution in [2.24, 2.45) is 11.3 Å². The van der Waals surface area contributed by atoms with Crippen molar-refractivity contribution in [1.29, 1.82) is 5.26 Å². The van der Waals surface area contributed by atoms with Crippen LogP contribution in [-0.4, -0.2) is 20.5 Å². The maximum absolute atomic E-state index is 13.9. The highest BCUT2D eigenvalue weighted by Crippen LogP contribution is 2.44. The molecule has 11 heteroatoms. The number of hydrogen-bond donors (Lipinski definition) is 1. The zero-order valence-corrected chi connectivity index (χ0v) is 23.2. The summed E-state index contributed by atoms with van der Waals surface area (Å²) in [5, 5.41) is 16.9. The van der Waals surface area contributed by atoms with Crippen molar-refractivity contribution in [3.63, 3.8) is 0 Å². The van der Waals surface area contributed by atoms with E-state index in [1.54, 1.807) is 24.3 Å². The summed E-state index contributed by atoms with van der Waals surface area (Å²) in [4.78, 5) is 18.5. The van der Waals surface area contributed by atoms with E-state index in [2.05, 4.69) is 58.2 Å². The summed E-state index contributed by atoms with van der Waals surface area (Å²) in [7, 11) is 0. The number of benzene rings is 1. The van der Waals surface area contributed by atoms with Gasteiger partial charge >= 0.3 is 6.18 Å². The molecule has 0 saturated carbocycles. The summed E-state index contributed by atoms with van der Waals surface area (Å²) in [5.74, 6) is -0.245. The second-order valence-corrected chi connectivity index (χ2v) is 12.4. The van der Waals surface area contributed by atoms with Crippen molar-refractivity contribution in [2.45, 2.75) is 46.2 Å². The van der Waals surface area contributed by atoms with Gasteiger partial charge in [0.2, 0.25) is 0 Å². The van der Waals surface area contributed by atoms with Crippen LogP contribution in [0.3, 0.4) is 0 Å². The number of nitrogens with one attached hydrogen (secondary N) is 1. The van der Waals surface area contributed by atoms with Gasteiger partial charge < -0.3 is 5.32 Å². The Bertz CT molecular complexity index is 1590. The topological polar surface area (TPSA) is 83.1 Å². The maximum Gasteiger partial charge on any atom is 0.433 e. The summed E-state index contributed by atoms with van der Waals surface area (Å²) in [6.45, 7) is 6.58. The second kappa shape index (κ2) is 9.50. The van der Waals surface area contributed by atoms with Gasteiger partial charge in [0.25, 0.3) is 5.91 Å². The number of aromatic nitrogens is 3. The zero-order valence-electron chi connectivity index (χ0n) is 20.8. The van der Waals surface area contributed by atoms with Crippen LogP contribution in [0.25, 0.3) is 16.9 Å². The first-order valence-corrected chi connectivity index (χ1v) is 13.6. The molecule has 0 radical (unpaired) electrons. The van der Waals surface area contributed by atoms with Gasteiger partial charge in [0, 0.05) is 21.0 Å². The van der Waals surface area contributed by atoms with E-state index in [-0.39, 0.29) is 22.5 Å². The Balaban J connectivity index is 1.50. The van der Waals surface area contributed by atoms with Crippen LogP contribution in [-0.2, 0) is 19.0 Å². The first kappa shape index (κ1) is 26.4. The van der Waals surface area contributed by atoms with Crippen LogP contribution in [0.15, 0.2) is 40.9 Å². The molecule has 1 aliphatic rings. The third-order valence-electron chi connectivity index (χ3n) is 6.92. The van der Waals surface area contributed by atoms with Gasteiger partial charge in [-0.25, -0.2) is 9.50 Å². The molecule has 0 bridgehead atoms.